The van der Waals surface area contributed by atoms with Crippen LogP contribution >= 0.6 is 0 Å². The molecule has 0 spiro atoms. The van der Waals surface area contributed by atoms with Crippen LogP contribution in [0.4, 0.5) is 5.69 Å². The summed E-state index contributed by atoms with van der Waals surface area (Å²) in [5.74, 6) is 0.422. The van der Waals surface area contributed by atoms with E-state index in [2.05, 4.69) is 22.3 Å². The highest BCUT2D eigenvalue weighted by Crippen LogP contribution is 2.28. The van der Waals surface area contributed by atoms with Gasteiger partial charge in [0.25, 0.3) is 5.91 Å². The zero-order chi connectivity index (χ0) is 19.0. The summed E-state index contributed by atoms with van der Waals surface area (Å²) in [6.07, 6.45) is 2.43. The highest BCUT2D eigenvalue weighted by molar-refractivity contribution is 6.13. The van der Waals surface area contributed by atoms with Gasteiger partial charge in [0.1, 0.15) is 5.69 Å². The Kier molecular flexibility index (Phi) is 4.24. The molecule has 3 aromatic heterocycles. The van der Waals surface area contributed by atoms with Crippen molar-refractivity contribution in [2.24, 2.45) is 7.05 Å². The number of rotatable bonds is 4. The number of fused-ring (bicyclic) bond motifs is 1. The van der Waals surface area contributed by atoms with E-state index in [1.807, 2.05) is 44.3 Å². The summed E-state index contributed by atoms with van der Waals surface area (Å²) in [6.45, 7) is 3.95. The smallest absolute Gasteiger partial charge is 0.256 e. The molecule has 6 heteroatoms. The lowest BCUT2D eigenvalue weighted by molar-refractivity contribution is 0.102. The van der Waals surface area contributed by atoms with E-state index in [0.29, 0.717) is 22.7 Å². The van der Waals surface area contributed by atoms with Gasteiger partial charge in [0.2, 0.25) is 0 Å². The van der Waals surface area contributed by atoms with E-state index in [1.54, 1.807) is 23.1 Å². The van der Waals surface area contributed by atoms with Gasteiger partial charge in [-0.05, 0) is 43.2 Å². The van der Waals surface area contributed by atoms with Crippen LogP contribution in [0, 0.1) is 6.92 Å². The molecule has 0 radical (unpaired) electrons. The number of aryl methyl sites for hydroxylation is 3. The summed E-state index contributed by atoms with van der Waals surface area (Å²) in [6, 6.07) is 13.2. The minimum Gasteiger partial charge on any atom is -0.463 e. The van der Waals surface area contributed by atoms with E-state index >= 15 is 0 Å². The SMILES string of the molecule is CCc1ccccc1NC(=O)c1cc(-c2ccco2)nc2c1c(C)nn2C. The van der Waals surface area contributed by atoms with Crippen LogP contribution in [-0.4, -0.2) is 20.7 Å². The molecule has 0 saturated carbocycles. The van der Waals surface area contributed by atoms with Crippen molar-refractivity contribution in [2.75, 3.05) is 5.32 Å². The van der Waals surface area contributed by atoms with Crippen molar-refractivity contribution < 1.29 is 9.21 Å². The Labute approximate surface area is 156 Å². The van der Waals surface area contributed by atoms with Gasteiger partial charge in [-0.2, -0.15) is 5.10 Å². The molecule has 0 aliphatic carbocycles. The van der Waals surface area contributed by atoms with E-state index < -0.39 is 0 Å². The largest absolute Gasteiger partial charge is 0.463 e. The maximum Gasteiger partial charge on any atom is 0.256 e. The van der Waals surface area contributed by atoms with E-state index in [1.165, 1.54) is 0 Å². The van der Waals surface area contributed by atoms with Crippen LogP contribution in [-0.2, 0) is 13.5 Å². The number of aromatic nitrogens is 3. The molecule has 1 aromatic carbocycles. The average molecular weight is 360 g/mol. The molecule has 1 amide bonds. The van der Waals surface area contributed by atoms with Gasteiger partial charge in [-0.15, -0.1) is 0 Å². The number of anilines is 1. The number of carbonyl (C=O) groups excluding carboxylic acids is 1. The zero-order valence-corrected chi connectivity index (χ0v) is 15.5. The maximum atomic E-state index is 13.2. The van der Waals surface area contributed by atoms with Gasteiger partial charge in [0, 0.05) is 12.7 Å². The van der Waals surface area contributed by atoms with Crippen molar-refractivity contribution in [3.8, 4) is 11.5 Å². The predicted molar refractivity (Wildman–Crippen MR) is 105 cm³/mol. The van der Waals surface area contributed by atoms with Crippen molar-refractivity contribution in [3.05, 3.63) is 65.5 Å². The number of pyridine rings is 1. The van der Waals surface area contributed by atoms with Crippen molar-refractivity contribution in [1.29, 1.82) is 0 Å². The lowest BCUT2D eigenvalue weighted by Gasteiger charge is -2.11. The normalized spacial score (nSPS) is 11.1. The topological polar surface area (TPSA) is 73.0 Å². The Bertz CT molecular complexity index is 1130. The summed E-state index contributed by atoms with van der Waals surface area (Å²) < 4.78 is 7.17. The second kappa shape index (κ2) is 6.72. The van der Waals surface area contributed by atoms with Crippen molar-refractivity contribution in [3.63, 3.8) is 0 Å². The molecule has 136 valence electrons. The van der Waals surface area contributed by atoms with Crippen LogP contribution in [0.15, 0.2) is 53.1 Å². The molecule has 1 N–H and O–H groups in total. The molecule has 4 aromatic rings. The molecule has 0 bridgehead atoms. The standard InChI is InChI=1S/C21H20N4O2/c1-4-14-8-5-6-9-16(14)23-21(26)15-12-17(18-10-7-11-27-18)22-20-19(15)13(2)24-25(20)3/h5-12H,4H2,1-3H3,(H,23,26). The first-order chi connectivity index (χ1) is 13.1. The first kappa shape index (κ1) is 17.0. The first-order valence-corrected chi connectivity index (χ1v) is 8.86. The van der Waals surface area contributed by atoms with Crippen LogP contribution in [0.1, 0.15) is 28.5 Å². The van der Waals surface area contributed by atoms with Crippen molar-refractivity contribution in [1.82, 2.24) is 14.8 Å². The number of benzene rings is 1. The summed E-state index contributed by atoms with van der Waals surface area (Å²) in [5.41, 5.74) is 4.45. The monoisotopic (exact) mass is 360 g/mol. The summed E-state index contributed by atoms with van der Waals surface area (Å²) in [4.78, 5) is 17.8. The van der Waals surface area contributed by atoms with Crippen molar-refractivity contribution >= 4 is 22.6 Å². The maximum absolute atomic E-state index is 13.2. The number of nitrogens with zero attached hydrogens (tertiary/aromatic N) is 3. The van der Waals surface area contributed by atoms with Gasteiger partial charge in [-0.3, -0.25) is 9.48 Å². The second-order valence-electron chi connectivity index (χ2n) is 6.40. The third-order valence-electron chi connectivity index (χ3n) is 4.63. The molecule has 27 heavy (non-hydrogen) atoms. The molecule has 0 aliphatic heterocycles. The molecular weight excluding hydrogens is 340 g/mol. The van der Waals surface area contributed by atoms with E-state index in [4.69, 9.17) is 4.42 Å². The highest BCUT2D eigenvalue weighted by atomic mass is 16.3. The number of carbonyl (C=O) groups is 1. The molecule has 0 saturated heterocycles. The number of furan rings is 1. The summed E-state index contributed by atoms with van der Waals surface area (Å²) >= 11 is 0. The van der Waals surface area contributed by atoms with E-state index in [-0.39, 0.29) is 5.91 Å². The highest BCUT2D eigenvalue weighted by Gasteiger charge is 2.20. The summed E-state index contributed by atoms with van der Waals surface area (Å²) in [5, 5.41) is 8.23. The van der Waals surface area contributed by atoms with Gasteiger partial charge in [-0.25, -0.2) is 4.98 Å². The Morgan fingerprint density at radius 1 is 1.22 bits per heavy atom. The van der Waals surface area contributed by atoms with Gasteiger partial charge in [-0.1, -0.05) is 25.1 Å². The van der Waals surface area contributed by atoms with Gasteiger partial charge in [0.15, 0.2) is 11.4 Å². The number of amides is 1. The third-order valence-corrected chi connectivity index (χ3v) is 4.63. The Balaban J connectivity index is 1.85. The predicted octanol–water partition coefficient (Wildman–Crippen LogP) is 4.35. The molecule has 0 unspecified atom stereocenters. The average Bonchev–Trinajstić information content (AvgIpc) is 3.30. The molecule has 0 atom stereocenters. The van der Waals surface area contributed by atoms with Gasteiger partial charge < -0.3 is 9.73 Å². The second-order valence-corrected chi connectivity index (χ2v) is 6.40. The van der Waals surface area contributed by atoms with Gasteiger partial charge >= 0.3 is 0 Å². The molecule has 4 rings (SSSR count). The van der Waals surface area contributed by atoms with Crippen LogP contribution in [0.25, 0.3) is 22.5 Å². The van der Waals surface area contributed by atoms with Crippen LogP contribution < -0.4 is 5.32 Å². The Hall–Kier alpha value is -3.41. The molecule has 0 fully saturated rings. The molecule has 0 aliphatic rings. The van der Waals surface area contributed by atoms with E-state index in [0.717, 1.165) is 28.8 Å². The number of para-hydroxylation sites is 1. The fraction of sp³-hybridized carbons (Fsp3) is 0.190. The molecular formula is C21H20N4O2. The first-order valence-electron chi connectivity index (χ1n) is 8.86. The van der Waals surface area contributed by atoms with E-state index in [9.17, 15) is 4.79 Å². The fourth-order valence-electron chi connectivity index (χ4n) is 3.31. The number of hydrogen-bond acceptors (Lipinski definition) is 4. The van der Waals surface area contributed by atoms with Crippen LogP contribution in [0.2, 0.25) is 0 Å². The van der Waals surface area contributed by atoms with Crippen LogP contribution in [0.3, 0.4) is 0 Å². The number of hydrogen-bond donors (Lipinski definition) is 1. The van der Waals surface area contributed by atoms with Gasteiger partial charge in [0.05, 0.1) is 22.9 Å². The third kappa shape index (κ3) is 2.99. The molecule has 3 heterocycles. The zero-order valence-electron chi connectivity index (χ0n) is 15.5. The fourth-order valence-corrected chi connectivity index (χ4v) is 3.31. The molecule has 6 nitrogen and oxygen atoms in total. The Morgan fingerprint density at radius 2 is 2.04 bits per heavy atom. The van der Waals surface area contributed by atoms with Crippen molar-refractivity contribution in [2.45, 2.75) is 20.3 Å². The number of nitrogens with one attached hydrogen (secondary N) is 1. The minimum absolute atomic E-state index is 0.188. The quantitative estimate of drug-likeness (QED) is 0.587. The summed E-state index contributed by atoms with van der Waals surface area (Å²) in [7, 11) is 1.82. The minimum atomic E-state index is -0.188. The lowest BCUT2D eigenvalue weighted by Crippen LogP contribution is -2.14. The van der Waals surface area contributed by atoms with Crippen LogP contribution in [0.5, 0.6) is 0 Å². The lowest BCUT2D eigenvalue weighted by atomic mass is 10.1. The Morgan fingerprint density at radius 3 is 2.78 bits per heavy atom.